The number of pyridine rings is 1. The lowest BCUT2D eigenvalue weighted by Crippen LogP contribution is -3.00. The van der Waals surface area contributed by atoms with Crippen LogP contribution in [0.15, 0.2) is 48.8 Å². The maximum atomic E-state index is 12.1. The van der Waals surface area contributed by atoms with Crippen LogP contribution in [0.1, 0.15) is 19.4 Å². The van der Waals surface area contributed by atoms with Crippen LogP contribution in [0, 0.1) is 0 Å². The van der Waals surface area contributed by atoms with E-state index in [9.17, 15) is 9.59 Å². The molecule has 1 aromatic heterocycles. The van der Waals surface area contributed by atoms with Crippen molar-refractivity contribution in [3.8, 4) is 0 Å². The predicted octanol–water partition coefficient (Wildman–Crippen LogP) is -0.862. The number of aryl methyl sites for hydroxylation is 1. The Morgan fingerprint density at radius 3 is 2.22 bits per heavy atom. The summed E-state index contributed by atoms with van der Waals surface area (Å²) in [5, 5.41) is 5.51. The molecule has 2 aromatic rings. The Labute approximate surface area is 142 Å². The van der Waals surface area contributed by atoms with Crippen LogP contribution in [-0.2, 0) is 22.6 Å². The molecular formula is C17H20ClN3O2. The Balaban J connectivity index is 0.00000264. The molecule has 2 N–H and O–H groups in total. The zero-order valence-corrected chi connectivity index (χ0v) is 13.9. The highest BCUT2D eigenvalue weighted by Gasteiger charge is 2.09. The van der Waals surface area contributed by atoms with Gasteiger partial charge in [-0.1, -0.05) is 13.0 Å². The van der Waals surface area contributed by atoms with Gasteiger partial charge in [-0.25, -0.2) is 0 Å². The third kappa shape index (κ3) is 6.08. The smallest absolute Gasteiger partial charge is 0.290 e. The van der Waals surface area contributed by atoms with E-state index >= 15 is 0 Å². The fourth-order valence-corrected chi connectivity index (χ4v) is 2.07. The maximum absolute atomic E-state index is 12.1. The van der Waals surface area contributed by atoms with Crippen molar-refractivity contribution >= 4 is 23.2 Å². The molecule has 1 heterocycles. The third-order valence-corrected chi connectivity index (χ3v) is 3.16. The minimum Gasteiger partial charge on any atom is -1.00 e. The first-order valence-electron chi connectivity index (χ1n) is 7.22. The largest absolute Gasteiger partial charge is 1.00 e. The Hall–Kier alpha value is -2.40. The molecule has 0 unspecified atom stereocenters. The molecule has 122 valence electrons. The summed E-state index contributed by atoms with van der Waals surface area (Å²) in [6.07, 6.45) is 4.77. The number of halogens is 1. The molecule has 6 heteroatoms. The fraction of sp³-hybridized carbons (Fsp3) is 0.235. The van der Waals surface area contributed by atoms with Crippen molar-refractivity contribution in [1.82, 2.24) is 0 Å². The first kappa shape index (κ1) is 18.6. The van der Waals surface area contributed by atoms with Gasteiger partial charge in [-0.05, 0) is 30.2 Å². The van der Waals surface area contributed by atoms with E-state index < -0.39 is 0 Å². The van der Waals surface area contributed by atoms with Crippen LogP contribution in [0.5, 0.6) is 0 Å². The van der Waals surface area contributed by atoms with Crippen LogP contribution >= 0.6 is 0 Å². The monoisotopic (exact) mass is 333 g/mol. The van der Waals surface area contributed by atoms with Gasteiger partial charge in [0.15, 0.2) is 12.4 Å². The highest BCUT2D eigenvalue weighted by Crippen LogP contribution is 2.14. The number of carbonyl (C=O) groups is 2. The molecule has 5 nitrogen and oxygen atoms in total. The average Bonchev–Trinajstić information content (AvgIpc) is 2.47. The molecule has 2 rings (SSSR count). The van der Waals surface area contributed by atoms with Crippen molar-refractivity contribution in [3.63, 3.8) is 0 Å². The van der Waals surface area contributed by atoms with Gasteiger partial charge in [-0.15, -0.1) is 0 Å². The normalized spacial score (nSPS) is 9.65. The topological polar surface area (TPSA) is 62.1 Å². The molecule has 0 atom stereocenters. The van der Waals surface area contributed by atoms with Gasteiger partial charge in [0.25, 0.3) is 5.91 Å². The van der Waals surface area contributed by atoms with Crippen LogP contribution in [0.25, 0.3) is 0 Å². The van der Waals surface area contributed by atoms with Gasteiger partial charge < -0.3 is 23.0 Å². The molecule has 0 bridgehead atoms. The lowest BCUT2D eigenvalue weighted by molar-refractivity contribution is -0.684. The Morgan fingerprint density at radius 2 is 1.65 bits per heavy atom. The van der Waals surface area contributed by atoms with E-state index in [4.69, 9.17) is 0 Å². The lowest BCUT2D eigenvalue weighted by atomic mass is 10.2. The number of amides is 2. The minimum atomic E-state index is -0.143. The van der Waals surface area contributed by atoms with Crippen LogP contribution in [0.3, 0.4) is 0 Å². The number of anilines is 2. The summed E-state index contributed by atoms with van der Waals surface area (Å²) in [4.78, 5) is 23.1. The first-order chi connectivity index (χ1) is 10.6. The Kier molecular flexibility index (Phi) is 7.22. The SMILES string of the molecule is CCc1cc[n+](CC(=O)Nc2cccc(NC(C)=O)c2)cc1.[Cl-]. The zero-order valence-electron chi connectivity index (χ0n) is 13.2. The molecule has 2 amide bonds. The first-order valence-corrected chi connectivity index (χ1v) is 7.22. The van der Waals surface area contributed by atoms with E-state index in [1.165, 1.54) is 12.5 Å². The van der Waals surface area contributed by atoms with Gasteiger partial charge in [-0.2, -0.15) is 4.57 Å². The summed E-state index contributed by atoms with van der Waals surface area (Å²) >= 11 is 0. The van der Waals surface area contributed by atoms with E-state index in [0.29, 0.717) is 11.4 Å². The van der Waals surface area contributed by atoms with Crippen molar-refractivity contribution in [1.29, 1.82) is 0 Å². The number of rotatable bonds is 5. The molecule has 0 aliphatic carbocycles. The molecule has 0 radical (unpaired) electrons. The summed E-state index contributed by atoms with van der Waals surface area (Å²) in [6, 6.07) is 11.1. The van der Waals surface area contributed by atoms with Gasteiger partial charge >= 0.3 is 0 Å². The number of carbonyl (C=O) groups excluding carboxylic acids is 2. The number of nitrogens with one attached hydrogen (secondary N) is 2. The van der Waals surface area contributed by atoms with Gasteiger partial charge in [0, 0.05) is 30.4 Å². The van der Waals surface area contributed by atoms with Crippen molar-refractivity contribution in [2.45, 2.75) is 26.8 Å². The standard InChI is InChI=1S/C17H19N3O2.ClH/c1-3-14-7-9-20(10-8-14)12-17(22)19-16-6-4-5-15(11-16)18-13(2)21;/h4-11H,3,12H2,1-2H3,(H-,18,19,21,22);1H. The Morgan fingerprint density at radius 1 is 1.04 bits per heavy atom. The van der Waals surface area contributed by atoms with Crippen molar-refractivity contribution in [3.05, 3.63) is 54.4 Å². The number of hydrogen-bond acceptors (Lipinski definition) is 2. The molecular weight excluding hydrogens is 314 g/mol. The average molecular weight is 334 g/mol. The van der Waals surface area contributed by atoms with Crippen molar-refractivity contribution in [2.75, 3.05) is 10.6 Å². The third-order valence-electron chi connectivity index (χ3n) is 3.16. The van der Waals surface area contributed by atoms with E-state index in [0.717, 1.165) is 6.42 Å². The Bertz CT molecular complexity index is 672. The summed E-state index contributed by atoms with van der Waals surface area (Å²) in [6.45, 7) is 3.78. The highest BCUT2D eigenvalue weighted by atomic mass is 35.5. The van der Waals surface area contributed by atoms with Crippen LogP contribution in [0.2, 0.25) is 0 Å². The molecule has 23 heavy (non-hydrogen) atoms. The molecule has 0 aliphatic heterocycles. The number of hydrogen-bond donors (Lipinski definition) is 2. The second-order valence-electron chi connectivity index (χ2n) is 5.04. The van der Waals surface area contributed by atoms with Gasteiger partial charge in [0.2, 0.25) is 12.5 Å². The minimum absolute atomic E-state index is 0. The van der Waals surface area contributed by atoms with E-state index in [-0.39, 0.29) is 30.8 Å². The van der Waals surface area contributed by atoms with Crippen molar-refractivity contribution in [2.24, 2.45) is 0 Å². The van der Waals surface area contributed by atoms with Gasteiger partial charge in [-0.3, -0.25) is 9.59 Å². The second kappa shape index (κ2) is 8.90. The van der Waals surface area contributed by atoms with E-state index in [1.807, 2.05) is 29.1 Å². The summed E-state index contributed by atoms with van der Waals surface area (Å²) in [5.74, 6) is -0.260. The van der Waals surface area contributed by atoms with Gasteiger partial charge in [0.05, 0.1) is 0 Å². The summed E-state index contributed by atoms with van der Waals surface area (Å²) < 4.78 is 1.83. The molecule has 0 spiro atoms. The van der Waals surface area contributed by atoms with Crippen LogP contribution < -0.4 is 27.6 Å². The van der Waals surface area contributed by atoms with Crippen LogP contribution in [0.4, 0.5) is 11.4 Å². The molecule has 1 aromatic carbocycles. The molecule has 0 saturated heterocycles. The lowest BCUT2D eigenvalue weighted by Gasteiger charge is -2.06. The predicted molar refractivity (Wildman–Crippen MR) is 85.4 cm³/mol. The maximum Gasteiger partial charge on any atom is 0.290 e. The summed E-state index contributed by atoms with van der Waals surface area (Å²) in [5.41, 5.74) is 2.55. The second-order valence-corrected chi connectivity index (χ2v) is 5.04. The summed E-state index contributed by atoms with van der Waals surface area (Å²) in [7, 11) is 0. The number of benzene rings is 1. The van der Waals surface area contributed by atoms with Gasteiger partial charge in [0.1, 0.15) is 0 Å². The fourth-order valence-electron chi connectivity index (χ4n) is 2.07. The number of aromatic nitrogens is 1. The highest BCUT2D eigenvalue weighted by molar-refractivity contribution is 5.92. The molecule has 0 fully saturated rings. The van der Waals surface area contributed by atoms with Crippen LogP contribution in [-0.4, -0.2) is 11.8 Å². The quantitative estimate of drug-likeness (QED) is 0.699. The van der Waals surface area contributed by atoms with Crippen molar-refractivity contribution < 1.29 is 26.6 Å². The zero-order chi connectivity index (χ0) is 15.9. The van der Waals surface area contributed by atoms with E-state index in [2.05, 4.69) is 17.6 Å². The molecule has 0 saturated carbocycles. The molecule has 0 aliphatic rings. The van der Waals surface area contributed by atoms with E-state index in [1.54, 1.807) is 24.3 Å². The number of nitrogens with zero attached hydrogens (tertiary/aromatic N) is 1.